The van der Waals surface area contributed by atoms with E-state index < -0.39 is 11.9 Å². The quantitative estimate of drug-likeness (QED) is 0.851. The molecule has 0 saturated carbocycles. The number of carbonyl (C=O) groups excluding carboxylic acids is 1. The van der Waals surface area contributed by atoms with E-state index in [2.05, 4.69) is 10.4 Å². The molecule has 7 heteroatoms. The lowest BCUT2D eigenvalue weighted by atomic mass is 10.1. The van der Waals surface area contributed by atoms with E-state index in [9.17, 15) is 9.59 Å². The SMILES string of the molecule is CC(CN(C)C(=O)NC(C)c1ccc(-n2cccn2)cc1)C(=O)O. The molecule has 1 aromatic heterocycles. The minimum atomic E-state index is -0.920. The Morgan fingerprint density at radius 2 is 1.96 bits per heavy atom. The summed E-state index contributed by atoms with van der Waals surface area (Å²) in [5, 5.41) is 15.9. The van der Waals surface area contributed by atoms with Gasteiger partial charge in [-0.2, -0.15) is 5.10 Å². The van der Waals surface area contributed by atoms with E-state index in [0.717, 1.165) is 11.3 Å². The Hall–Kier alpha value is -2.83. The van der Waals surface area contributed by atoms with E-state index in [1.807, 2.05) is 43.5 Å². The van der Waals surface area contributed by atoms with E-state index in [1.54, 1.807) is 24.9 Å². The van der Waals surface area contributed by atoms with Crippen molar-refractivity contribution in [2.24, 2.45) is 5.92 Å². The third-order valence-electron chi connectivity index (χ3n) is 3.82. The van der Waals surface area contributed by atoms with Crippen LogP contribution >= 0.6 is 0 Å². The second kappa shape index (κ2) is 7.63. The lowest BCUT2D eigenvalue weighted by molar-refractivity contribution is -0.141. The number of carboxylic acid groups (broad SMARTS) is 1. The van der Waals surface area contributed by atoms with Crippen LogP contribution in [0.3, 0.4) is 0 Å². The van der Waals surface area contributed by atoms with Crippen LogP contribution in [0.4, 0.5) is 4.79 Å². The van der Waals surface area contributed by atoms with Gasteiger partial charge < -0.3 is 15.3 Å². The van der Waals surface area contributed by atoms with E-state index in [-0.39, 0.29) is 18.6 Å². The number of aliphatic carboxylic acids is 1. The largest absolute Gasteiger partial charge is 0.481 e. The summed E-state index contributed by atoms with van der Waals surface area (Å²) in [6.45, 7) is 3.62. The summed E-state index contributed by atoms with van der Waals surface area (Å²) in [4.78, 5) is 24.4. The summed E-state index contributed by atoms with van der Waals surface area (Å²) in [6, 6.07) is 9.09. The monoisotopic (exact) mass is 330 g/mol. The van der Waals surface area contributed by atoms with Crippen molar-refractivity contribution in [3.63, 3.8) is 0 Å². The van der Waals surface area contributed by atoms with Crippen molar-refractivity contribution >= 4 is 12.0 Å². The molecule has 0 spiro atoms. The zero-order valence-corrected chi connectivity index (χ0v) is 14.0. The van der Waals surface area contributed by atoms with Crippen LogP contribution in [-0.4, -0.2) is 45.4 Å². The van der Waals surface area contributed by atoms with Gasteiger partial charge in [0, 0.05) is 26.0 Å². The standard InChI is InChI=1S/C17H22N4O3/c1-12(16(22)23)11-20(3)17(24)19-13(2)14-5-7-15(8-6-14)21-10-4-9-18-21/h4-10,12-13H,11H2,1-3H3,(H,19,24)(H,22,23). The first-order chi connectivity index (χ1) is 11.4. The number of carboxylic acids is 1. The lowest BCUT2D eigenvalue weighted by Crippen LogP contribution is -2.41. The molecule has 1 aromatic carbocycles. The maximum atomic E-state index is 12.1. The highest BCUT2D eigenvalue weighted by Gasteiger charge is 2.19. The molecule has 2 rings (SSSR count). The summed E-state index contributed by atoms with van der Waals surface area (Å²) >= 11 is 0. The number of urea groups is 1. The highest BCUT2D eigenvalue weighted by Crippen LogP contribution is 2.15. The third kappa shape index (κ3) is 4.34. The van der Waals surface area contributed by atoms with Gasteiger partial charge in [-0.05, 0) is 30.7 Å². The van der Waals surface area contributed by atoms with Crippen molar-refractivity contribution in [3.8, 4) is 5.69 Å². The maximum Gasteiger partial charge on any atom is 0.317 e. The zero-order chi connectivity index (χ0) is 17.7. The molecule has 7 nitrogen and oxygen atoms in total. The van der Waals surface area contributed by atoms with Crippen LogP contribution in [0.5, 0.6) is 0 Å². The normalized spacial score (nSPS) is 13.1. The van der Waals surface area contributed by atoms with Gasteiger partial charge >= 0.3 is 12.0 Å². The Labute approximate surface area is 140 Å². The van der Waals surface area contributed by atoms with Crippen LogP contribution in [0.1, 0.15) is 25.5 Å². The molecule has 0 bridgehead atoms. The Kier molecular flexibility index (Phi) is 5.57. The first-order valence-corrected chi connectivity index (χ1v) is 7.73. The van der Waals surface area contributed by atoms with Gasteiger partial charge in [-0.25, -0.2) is 9.48 Å². The van der Waals surface area contributed by atoms with Crippen molar-refractivity contribution < 1.29 is 14.7 Å². The summed E-state index contributed by atoms with van der Waals surface area (Å²) in [5.41, 5.74) is 1.90. The number of hydrogen-bond donors (Lipinski definition) is 2. The fraction of sp³-hybridized carbons (Fsp3) is 0.353. The molecule has 0 saturated heterocycles. The Morgan fingerprint density at radius 3 is 2.50 bits per heavy atom. The molecule has 0 fully saturated rings. The molecule has 0 aliphatic rings. The number of aromatic nitrogens is 2. The molecule has 2 amide bonds. The van der Waals surface area contributed by atoms with Gasteiger partial charge in [-0.3, -0.25) is 4.79 Å². The number of rotatable bonds is 6. The van der Waals surface area contributed by atoms with Crippen molar-refractivity contribution in [1.29, 1.82) is 0 Å². The first kappa shape index (κ1) is 17.5. The second-order valence-electron chi connectivity index (χ2n) is 5.83. The molecule has 0 aliphatic carbocycles. The number of hydrogen-bond acceptors (Lipinski definition) is 3. The molecule has 2 N–H and O–H groups in total. The van der Waals surface area contributed by atoms with E-state index in [1.165, 1.54) is 4.90 Å². The van der Waals surface area contributed by atoms with Crippen LogP contribution in [0.25, 0.3) is 5.69 Å². The third-order valence-corrected chi connectivity index (χ3v) is 3.82. The predicted molar refractivity (Wildman–Crippen MR) is 89.9 cm³/mol. The summed E-state index contributed by atoms with van der Waals surface area (Å²) in [5.74, 6) is -1.53. The fourth-order valence-electron chi connectivity index (χ4n) is 2.29. The fourth-order valence-corrected chi connectivity index (χ4v) is 2.29. The molecule has 2 atom stereocenters. The summed E-state index contributed by atoms with van der Waals surface area (Å²) in [7, 11) is 1.59. The van der Waals surface area contributed by atoms with E-state index in [0.29, 0.717) is 0 Å². The second-order valence-corrected chi connectivity index (χ2v) is 5.83. The van der Waals surface area contributed by atoms with Crippen LogP contribution in [0.15, 0.2) is 42.7 Å². The van der Waals surface area contributed by atoms with Crippen molar-refractivity contribution in [3.05, 3.63) is 48.3 Å². The van der Waals surface area contributed by atoms with Crippen LogP contribution in [-0.2, 0) is 4.79 Å². The highest BCUT2D eigenvalue weighted by atomic mass is 16.4. The van der Waals surface area contributed by atoms with Gasteiger partial charge in [0.25, 0.3) is 0 Å². The molecule has 2 aromatic rings. The van der Waals surface area contributed by atoms with Crippen LogP contribution < -0.4 is 5.32 Å². The minimum Gasteiger partial charge on any atom is -0.481 e. The number of nitrogens with one attached hydrogen (secondary N) is 1. The Morgan fingerprint density at radius 1 is 1.29 bits per heavy atom. The number of carbonyl (C=O) groups is 2. The van der Waals surface area contributed by atoms with Gasteiger partial charge in [0.1, 0.15) is 0 Å². The van der Waals surface area contributed by atoms with Crippen molar-refractivity contribution in [1.82, 2.24) is 20.0 Å². The Bertz CT molecular complexity index is 682. The molecular formula is C17H22N4O3. The van der Waals surface area contributed by atoms with Crippen LogP contribution in [0, 0.1) is 5.92 Å². The van der Waals surface area contributed by atoms with Crippen LogP contribution in [0.2, 0.25) is 0 Å². The average molecular weight is 330 g/mol. The molecule has 0 aliphatic heterocycles. The molecular weight excluding hydrogens is 308 g/mol. The first-order valence-electron chi connectivity index (χ1n) is 7.73. The molecule has 128 valence electrons. The topological polar surface area (TPSA) is 87.5 Å². The van der Waals surface area contributed by atoms with Crippen molar-refractivity contribution in [2.75, 3.05) is 13.6 Å². The molecule has 2 unspecified atom stereocenters. The van der Waals surface area contributed by atoms with Gasteiger partial charge in [0.15, 0.2) is 0 Å². The zero-order valence-electron chi connectivity index (χ0n) is 14.0. The molecule has 0 radical (unpaired) electrons. The maximum absolute atomic E-state index is 12.1. The minimum absolute atomic E-state index is 0.159. The van der Waals surface area contributed by atoms with Crippen molar-refractivity contribution in [2.45, 2.75) is 19.9 Å². The van der Waals surface area contributed by atoms with E-state index >= 15 is 0 Å². The lowest BCUT2D eigenvalue weighted by Gasteiger charge is -2.23. The van der Waals surface area contributed by atoms with Gasteiger partial charge in [0.05, 0.1) is 17.6 Å². The van der Waals surface area contributed by atoms with Gasteiger partial charge in [0.2, 0.25) is 0 Å². The number of nitrogens with zero attached hydrogens (tertiary/aromatic N) is 3. The van der Waals surface area contributed by atoms with Gasteiger partial charge in [-0.1, -0.05) is 19.1 Å². The average Bonchev–Trinajstić information content (AvgIpc) is 3.09. The summed E-state index contributed by atoms with van der Waals surface area (Å²) < 4.78 is 1.76. The summed E-state index contributed by atoms with van der Waals surface area (Å²) in [6.07, 6.45) is 3.57. The number of amides is 2. The predicted octanol–water partition coefficient (Wildman–Crippen LogP) is 2.30. The van der Waals surface area contributed by atoms with E-state index in [4.69, 9.17) is 5.11 Å². The highest BCUT2D eigenvalue weighted by molar-refractivity contribution is 5.76. The Balaban J connectivity index is 1.95. The number of benzene rings is 1. The molecule has 1 heterocycles. The molecule has 24 heavy (non-hydrogen) atoms. The van der Waals surface area contributed by atoms with Gasteiger partial charge in [-0.15, -0.1) is 0 Å². The smallest absolute Gasteiger partial charge is 0.317 e.